The molecule has 0 bridgehead atoms. The first kappa shape index (κ1) is 13.3. The molecule has 0 radical (unpaired) electrons. The average molecular weight is 286 g/mol. The second-order valence-corrected chi connectivity index (χ2v) is 4.44. The van der Waals surface area contributed by atoms with Gasteiger partial charge in [-0.3, -0.25) is 0 Å². The van der Waals surface area contributed by atoms with Crippen LogP contribution in [0.4, 0.5) is 21.8 Å². The van der Waals surface area contributed by atoms with Crippen molar-refractivity contribution in [1.82, 2.24) is 19.9 Å². The Bertz CT molecular complexity index is 752. The first-order valence-corrected chi connectivity index (χ1v) is 6.65. The van der Waals surface area contributed by atoms with E-state index in [1.54, 1.807) is 25.5 Å². The molecule has 0 atom stereocenters. The molecule has 6 nitrogen and oxygen atoms in total. The van der Waals surface area contributed by atoms with Gasteiger partial charge in [0.05, 0.1) is 6.33 Å². The van der Waals surface area contributed by atoms with Crippen molar-refractivity contribution in [3.63, 3.8) is 0 Å². The fourth-order valence-electron chi connectivity index (χ4n) is 2.20. The van der Waals surface area contributed by atoms with Crippen LogP contribution in [0.25, 0.3) is 11.2 Å². The molecule has 3 rings (SSSR count). The predicted octanol–water partition coefficient (Wildman–Crippen LogP) is 2.69. The molecule has 0 amide bonds. The van der Waals surface area contributed by atoms with Gasteiger partial charge in [-0.1, -0.05) is 0 Å². The molecule has 0 spiro atoms. The topological polar surface area (TPSA) is 69.7 Å². The number of aromatic nitrogens is 4. The summed E-state index contributed by atoms with van der Waals surface area (Å²) in [5.41, 5.74) is 2.20. The van der Waals surface area contributed by atoms with Crippen LogP contribution in [0.3, 0.4) is 0 Å². The summed E-state index contributed by atoms with van der Waals surface area (Å²) in [6, 6.07) is 6.31. The normalized spacial score (nSPS) is 10.8. The van der Waals surface area contributed by atoms with Crippen LogP contribution in [0, 0.1) is 5.82 Å². The molecule has 3 aromatic rings. The van der Waals surface area contributed by atoms with E-state index in [-0.39, 0.29) is 5.82 Å². The predicted molar refractivity (Wildman–Crippen MR) is 80.3 cm³/mol. The number of hydrogen-bond donors (Lipinski definition) is 2. The molecule has 21 heavy (non-hydrogen) atoms. The van der Waals surface area contributed by atoms with E-state index in [1.807, 2.05) is 11.8 Å². The van der Waals surface area contributed by atoms with Crippen molar-refractivity contribution in [2.45, 2.75) is 6.92 Å². The van der Waals surface area contributed by atoms with Crippen LogP contribution in [0.2, 0.25) is 0 Å². The lowest BCUT2D eigenvalue weighted by atomic mass is 10.2. The number of fused-ring (bicyclic) bond motifs is 1. The van der Waals surface area contributed by atoms with Crippen LogP contribution >= 0.6 is 0 Å². The molecule has 7 heteroatoms. The zero-order valence-electron chi connectivity index (χ0n) is 11.8. The summed E-state index contributed by atoms with van der Waals surface area (Å²) in [6.07, 6.45) is 1.58. The van der Waals surface area contributed by atoms with Crippen LogP contribution in [0.5, 0.6) is 0 Å². The monoisotopic (exact) mass is 286 g/mol. The molecule has 2 aromatic heterocycles. The highest BCUT2D eigenvalue weighted by Gasteiger charge is 2.16. The number of benzene rings is 1. The third kappa shape index (κ3) is 2.37. The van der Waals surface area contributed by atoms with Gasteiger partial charge in [-0.2, -0.15) is 9.97 Å². The van der Waals surface area contributed by atoms with E-state index in [2.05, 4.69) is 25.3 Å². The number of nitrogens with one attached hydrogen (secondary N) is 2. The van der Waals surface area contributed by atoms with Gasteiger partial charge in [0.15, 0.2) is 11.5 Å². The molecule has 0 aliphatic carbocycles. The fraction of sp³-hybridized carbons (Fsp3) is 0.214. The first-order valence-electron chi connectivity index (χ1n) is 6.65. The second kappa shape index (κ2) is 5.35. The Balaban J connectivity index is 2.15. The molecular weight excluding hydrogens is 271 g/mol. The molecule has 0 unspecified atom stereocenters. The molecule has 0 fully saturated rings. The number of halogens is 1. The minimum atomic E-state index is -0.264. The Morgan fingerprint density at radius 3 is 2.67 bits per heavy atom. The Hall–Kier alpha value is -2.70. The summed E-state index contributed by atoms with van der Waals surface area (Å²) < 4.78 is 13.1. The molecule has 1 aromatic carbocycles. The van der Waals surface area contributed by atoms with Crippen molar-refractivity contribution in [2.24, 2.45) is 0 Å². The van der Waals surface area contributed by atoms with Crippen molar-refractivity contribution in [1.29, 1.82) is 0 Å². The Morgan fingerprint density at radius 1 is 1.24 bits per heavy atom. The van der Waals surface area contributed by atoms with Gasteiger partial charge < -0.3 is 15.2 Å². The van der Waals surface area contributed by atoms with E-state index in [0.29, 0.717) is 24.0 Å². The molecule has 2 N–H and O–H groups in total. The molecule has 0 aliphatic heterocycles. The largest absolute Gasteiger partial charge is 0.357 e. The maximum Gasteiger partial charge on any atom is 0.226 e. The number of aromatic amines is 1. The zero-order valence-corrected chi connectivity index (χ0v) is 11.8. The third-order valence-electron chi connectivity index (χ3n) is 3.20. The highest BCUT2D eigenvalue weighted by Crippen LogP contribution is 2.29. The Kier molecular flexibility index (Phi) is 3.39. The van der Waals surface area contributed by atoms with Crippen LogP contribution in [0.1, 0.15) is 6.92 Å². The maximum atomic E-state index is 13.1. The minimum Gasteiger partial charge on any atom is -0.357 e. The van der Waals surface area contributed by atoms with Gasteiger partial charge in [0.1, 0.15) is 11.3 Å². The lowest BCUT2D eigenvalue weighted by Gasteiger charge is -2.22. The van der Waals surface area contributed by atoms with Gasteiger partial charge in [0.25, 0.3) is 0 Å². The van der Waals surface area contributed by atoms with Crippen molar-refractivity contribution in [3.05, 3.63) is 36.4 Å². The average Bonchev–Trinajstić information content (AvgIpc) is 2.98. The summed E-state index contributed by atoms with van der Waals surface area (Å²) in [5, 5.41) is 2.93. The summed E-state index contributed by atoms with van der Waals surface area (Å²) in [4.78, 5) is 18.0. The van der Waals surface area contributed by atoms with E-state index >= 15 is 0 Å². The summed E-state index contributed by atoms with van der Waals surface area (Å²) in [5.74, 6) is 0.932. The lowest BCUT2D eigenvalue weighted by molar-refractivity contribution is 0.628. The number of hydrogen-bond acceptors (Lipinski definition) is 5. The quantitative estimate of drug-likeness (QED) is 0.771. The van der Waals surface area contributed by atoms with Crippen LogP contribution in [-0.2, 0) is 0 Å². The lowest BCUT2D eigenvalue weighted by Crippen LogP contribution is -2.18. The summed E-state index contributed by atoms with van der Waals surface area (Å²) in [7, 11) is 1.76. The van der Waals surface area contributed by atoms with Gasteiger partial charge in [-0.25, -0.2) is 9.37 Å². The minimum absolute atomic E-state index is 0.264. The summed E-state index contributed by atoms with van der Waals surface area (Å²) in [6.45, 7) is 2.69. The van der Waals surface area contributed by atoms with E-state index in [4.69, 9.17) is 0 Å². The molecule has 0 saturated heterocycles. The Morgan fingerprint density at radius 2 is 2.00 bits per heavy atom. The van der Waals surface area contributed by atoms with E-state index in [1.165, 1.54) is 12.1 Å². The number of rotatable bonds is 4. The molecular formula is C14H15FN6. The second-order valence-electron chi connectivity index (χ2n) is 4.44. The van der Waals surface area contributed by atoms with E-state index in [9.17, 15) is 4.39 Å². The van der Waals surface area contributed by atoms with Crippen molar-refractivity contribution in [2.75, 3.05) is 23.8 Å². The van der Waals surface area contributed by atoms with E-state index < -0.39 is 0 Å². The zero-order chi connectivity index (χ0) is 14.8. The number of nitrogens with zero attached hydrogens (tertiary/aromatic N) is 4. The van der Waals surface area contributed by atoms with Gasteiger partial charge in [0, 0.05) is 19.3 Å². The van der Waals surface area contributed by atoms with Gasteiger partial charge in [0.2, 0.25) is 5.95 Å². The van der Waals surface area contributed by atoms with Gasteiger partial charge in [-0.15, -0.1) is 0 Å². The van der Waals surface area contributed by atoms with Crippen molar-refractivity contribution in [3.8, 4) is 0 Å². The molecule has 0 saturated carbocycles. The molecule has 2 heterocycles. The number of imidazole rings is 1. The Labute approximate surface area is 121 Å². The number of anilines is 3. The fourth-order valence-corrected chi connectivity index (χ4v) is 2.20. The van der Waals surface area contributed by atoms with Crippen molar-refractivity contribution < 1.29 is 4.39 Å². The highest BCUT2D eigenvalue weighted by molar-refractivity contribution is 5.87. The smallest absolute Gasteiger partial charge is 0.226 e. The third-order valence-corrected chi connectivity index (χ3v) is 3.20. The van der Waals surface area contributed by atoms with Crippen molar-refractivity contribution >= 4 is 28.6 Å². The number of H-pyrrole nitrogens is 1. The maximum absolute atomic E-state index is 13.1. The first-order chi connectivity index (χ1) is 10.2. The van der Waals surface area contributed by atoms with Gasteiger partial charge >= 0.3 is 0 Å². The molecule has 0 aliphatic rings. The van der Waals surface area contributed by atoms with Crippen LogP contribution in [-0.4, -0.2) is 33.5 Å². The highest BCUT2D eigenvalue weighted by atomic mass is 19.1. The van der Waals surface area contributed by atoms with Crippen LogP contribution < -0.4 is 10.2 Å². The molecule has 108 valence electrons. The summed E-state index contributed by atoms with van der Waals surface area (Å²) >= 11 is 0. The SMILES string of the molecule is CCN(c1ccc(F)cc1)c1nc(NC)nc2nc[nH]c12. The van der Waals surface area contributed by atoms with E-state index in [0.717, 1.165) is 11.2 Å². The van der Waals surface area contributed by atoms with Gasteiger partial charge in [-0.05, 0) is 31.2 Å². The van der Waals surface area contributed by atoms with Crippen LogP contribution in [0.15, 0.2) is 30.6 Å². The standard InChI is InChI=1S/C14H15FN6/c1-3-21(10-6-4-9(15)5-7-10)13-11-12(18-8-17-11)19-14(16-2)20-13/h4-8H,3H2,1-2H3,(H2,16,17,18,19,20).